The monoisotopic (exact) mass is 348 g/mol. The number of benzene rings is 3. The summed E-state index contributed by atoms with van der Waals surface area (Å²) in [6.45, 7) is 4.27. The summed E-state index contributed by atoms with van der Waals surface area (Å²) in [6.07, 6.45) is 0. The lowest BCUT2D eigenvalue weighted by molar-refractivity contribution is -0.115. The Balaban J connectivity index is 1.62. The number of fused-ring (bicyclic) bond motifs is 1. The molecular weight excluding hydrogens is 324 g/mol. The summed E-state index contributed by atoms with van der Waals surface area (Å²) >= 11 is 0. The lowest BCUT2D eigenvalue weighted by Gasteiger charge is -2.16. The number of carbonyl (C=O) groups excluding carboxylic acids is 1. The predicted molar refractivity (Wildman–Crippen MR) is 107 cm³/mol. The van der Waals surface area contributed by atoms with Gasteiger partial charge in [0.2, 0.25) is 5.91 Å². The summed E-state index contributed by atoms with van der Waals surface area (Å²) in [4.78, 5) is 12.3. The summed E-state index contributed by atoms with van der Waals surface area (Å²) in [5, 5.41) is 8.61. The molecule has 0 bridgehead atoms. The quantitative estimate of drug-likeness (QED) is 0.692. The van der Waals surface area contributed by atoms with Crippen molar-refractivity contribution < 1.29 is 9.53 Å². The first-order valence-corrected chi connectivity index (χ1v) is 8.73. The summed E-state index contributed by atoms with van der Waals surface area (Å²) in [5.41, 5.74) is 2.92. The Hall–Kier alpha value is -2.85. The normalized spacial score (nSPS) is 12.0. The zero-order valence-corrected chi connectivity index (χ0v) is 15.4. The Kier molecular flexibility index (Phi) is 5.54. The molecule has 0 aliphatic carbocycles. The fourth-order valence-electron chi connectivity index (χ4n) is 2.95. The Morgan fingerprint density at radius 2 is 1.81 bits per heavy atom. The van der Waals surface area contributed by atoms with Crippen molar-refractivity contribution in [2.45, 2.75) is 19.9 Å². The average Bonchev–Trinajstić information content (AvgIpc) is 2.66. The molecule has 0 fully saturated rings. The predicted octanol–water partition coefficient (Wildman–Crippen LogP) is 4.45. The fraction of sp³-hybridized carbons (Fsp3) is 0.227. The van der Waals surface area contributed by atoms with E-state index in [-0.39, 0.29) is 18.5 Å². The highest BCUT2D eigenvalue weighted by atomic mass is 16.5. The van der Waals surface area contributed by atoms with E-state index in [1.165, 1.54) is 10.8 Å². The van der Waals surface area contributed by atoms with Crippen LogP contribution in [-0.4, -0.2) is 19.6 Å². The van der Waals surface area contributed by atoms with Gasteiger partial charge in [-0.05, 0) is 53.9 Å². The van der Waals surface area contributed by atoms with E-state index < -0.39 is 0 Å². The number of carbonyl (C=O) groups is 1. The zero-order chi connectivity index (χ0) is 18.5. The van der Waals surface area contributed by atoms with Gasteiger partial charge in [0.15, 0.2) is 0 Å². The molecule has 0 heterocycles. The van der Waals surface area contributed by atoms with Gasteiger partial charge in [0.1, 0.15) is 5.75 Å². The van der Waals surface area contributed by atoms with Gasteiger partial charge in [-0.2, -0.15) is 0 Å². The van der Waals surface area contributed by atoms with E-state index in [1.54, 1.807) is 7.11 Å². The Morgan fingerprint density at radius 1 is 1.04 bits per heavy atom. The van der Waals surface area contributed by atoms with Gasteiger partial charge in [0, 0.05) is 6.04 Å². The minimum Gasteiger partial charge on any atom is -0.495 e. The van der Waals surface area contributed by atoms with Crippen LogP contribution in [0.25, 0.3) is 10.8 Å². The van der Waals surface area contributed by atoms with E-state index in [2.05, 4.69) is 47.9 Å². The Bertz CT molecular complexity index is 921. The molecule has 26 heavy (non-hydrogen) atoms. The second-order valence-corrected chi connectivity index (χ2v) is 6.46. The van der Waals surface area contributed by atoms with Crippen LogP contribution in [0.15, 0.2) is 60.7 Å². The molecule has 3 rings (SSSR count). The van der Waals surface area contributed by atoms with Crippen LogP contribution in [0.1, 0.15) is 24.1 Å². The molecule has 0 aliphatic rings. The second-order valence-electron chi connectivity index (χ2n) is 6.46. The van der Waals surface area contributed by atoms with Gasteiger partial charge in [-0.1, -0.05) is 42.5 Å². The summed E-state index contributed by atoms with van der Waals surface area (Å²) in [7, 11) is 1.60. The Morgan fingerprint density at radius 3 is 2.58 bits per heavy atom. The van der Waals surface area contributed by atoms with Gasteiger partial charge in [-0.15, -0.1) is 0 Å². The number of amides is 1. The molecular formula is C22H24N2O2. The average molecular weight is 348 g/mol. The number of ether oxygens (including phenoxy) is 1. The lowest BCUT2D eigenvalue weighted by Crippen LogP contribution is -2.30. The Labute approximate surface area is 154 Å². The minimum absolute atomic E-state index is 0.0739. The maximum atomic E-state index is 12.3. The number of aryl methyl sites for hydroxylation is 1. The number of rotatable bonds is 6. The van der Waals surface area contributed by atoms with Gasteiger partial charge in [-0.3, -0.25) is 4.79 Å². The van der Waals surface area contributed by atoms with Crippen molar-refractivity contribution in [3.63, 3.8) is 0 Å². The van der Waals surface area contributed by atoms with E-state index in [0.717, 1.165) is 11.1 Å². The summed E-state index contributed by atoms with van der Waals surface area (Å²) in [5.74, 6) is 0.563. The third kappa shape index (κ3) is 4.21. The van der Waals surface area contributed by atoms with Crippen molar-refractivity contribution in [3.8, 4) is 5.75 Å². The van der Waals surface area contributed by atoms with Crippen molar-refractivity contribution in [2.24, 2.45) is 0 Å². The maximum Gasteiger partial charge on any atom is 0.238 e. The number of methoxy groups -OCH3 is 1. The molecule has 1 atom stereocenters. The number of anilines is 1. The van der Waals surface area contributed by atoms with Crippen LogP contribution in [0.2, 0.25) is 0 Å². The number of hydrogen-bond acceptors (Lipinski definition) is 3. The number of nitrogens with one attached hydrogen (secondary N) is 2. The highest BCUT2D eigenvalue weighted by molar-refractivity contribution is 5.93. The van der Waals surface area contributed by atoms with Gasteiger partial charge in [0.25, 0.3) is 0 Å². The molecule has 134 valence electrons. The van der Waals surface area contributed by atoms with Crippen molar-refractivity contribution in [3.05, 3.63) is 71.8 Å². The third-order valence-corrected chi connectivity index (χ3v) is 4.47. The zero-order valence-electron chi connectivity index (χ0n) is 15.4. The van der Waals surface area contributed by atoms with E-state index in [9.17, 15) is 4.79 Å². The number of hydrogen-bond donors (Lipinski definition) is 2. The second kappa shape index (κ2) is 8.02. The van der Waals surface area contributed by atoms with Crippen LogP contribution in [0, 0.1) is 6.92 Å². The van der Waals surface area contributed by atoms with Crippen molar-refractivity contribution in [2.75, 3.05) is 19.0 Å². The van der Waals surface area contributed by atoms with Crippen molar-refractivity contribution in [1.82, 2.24) is 5.32 Å². The highest BCUT2D eigenvalue weighted by Crippen LogP contribution is 2.25. The molecule has 0 saturated carbocycles. The smallest absolute Gasteiger partial charge is 0.238 e. The molecule has 0 aliphatic heterocycles. The largest absolute Gasteiger partial charge is 0.495 e. The summed E-state index contributed by atoms with van der Waals surface area (Å²) < 4.78 is 5.30. The maximum absolute atomic E-state index is 12.3. The molecule has 0 aromatic heterocycles. The molecule has 1 unspecified atom stereocenters. The molecule has 3 aromatic rings. The standard InChI is InChI=1S/C22H24N2O2/c1-15-8-11-21(26-3)20(12-15)24-22(25)14-23-16(2)18-10-9-17-6-4-5-7-19(17)13-18/h4-13,16,23H,14H2,1-3H3,(H,24,25). The molecule has 0 saturated heterocycles. The first kappa shape index (κ1) is 18.0. The fourth-order valence-corrected chi connectivity index (χ4v) is 2.95. The molecule has 0 spiro atoms. The summed E-state index contributed by atoms with van der Waals surface area (Å²) in [6, 6.07) is 20.4. The topological polar surface area (TPSA) is 50.4 Å². The molecule has 1 amide bonds. The van der Waals surface area contributed by atoms with Crippen molar-refractivity contribution in [1.29, 1.82) is 0 Å². The van der Waals surface area contributed by atoms with Crippen LogP contribution < -0.4 is 15.4 Å². The highest BCUT2D eigenvalue weighted by Gasteiger charge is 2.11. The van der Waals surface area contributed by atoms with Gasteiger partial charge in [-0.25, -0.2) is 0 Å². The van der Waals surface area contributed by atoms with Crippen LogP contribution >= 0.6 is 0 Å². The molecule has 4 nitrogen and oxygen atoms in total. The van der Waals surface area contributed by atoms with Crippen LogP contribution in [0.4, 0.5) is 5.69 Å². The molecule has 2 N–H and O–H groups in total. The SMILES string of the molecule is COc1ccc(C)cc1NC(=O)CNC(C)c1ccc2ccccc2c1. The van der Waals surface area contributed by atoms with E-state index >= 15 is 0 Å². The van der Waals surface area contributed by atoms with Crippen molar-refractivity contribution >= 4 is 22.4 Å². The first-order chi connectivity index (χ1) is 12.6. The minimum atomic E-state index is -0.0958. The van der Waals surface area contributed by atoms with Gasteiger partial charge < -0.3 is 15.4 Å². The third-order valence-electron chi connectivity index (χ3n) is 4.47. The molecule has 4 heteroatoms. The van der Waals surface area contributed by atoms with E-state index in [0.29, 0.717) is 11.4 Å². The van der Waals surface area contributed by atoms with Gasteiger partial charge >= 0.3 is 0 Å². The van der Waals surface area contributed by atoms with E-state index in [4.69, 9.17) is 4.74 Å². The molecule has 0 radical (unpaired) electrons. The van der Waals surface area contributed by atoms with Gasteiger partial charge in [0.05, 0.1) is 19.3 Å². The van der Waals surface area contributed by atoms with Crippen LogP contribution in [-0.2, 0) is 4.79 Å². The van der Waals surface area contributed by atoms with E-state index in [1.807, 2.05) is 37.3 Å². The van der Waals surface area contributed by atoms with Crippen LogP contribution in [0.5, 0.6) is 5.75 Å². The lowest BCUT2D eigenvalue weighted by atomic mass is 10.0. The van der Waals surface area contributed by atoms with Crippen LogP contribution in [0.3, 0.4) is 0 Å². The first-order valence-electron chi connectivity index (χ1n) is 8.73. The molecule has 3 aromatic carbocycles.